The molecule has 148 valence electrons. The lowest BCUT2D eigenvalue weighted by Gasteiger charge is -2.13. The summed E-state index contributed by atoms with van der Waals surface area (Å²) >= 11 is 12.6. The fraction of sp³-hybridized carbons (Fsp3) is 0.143. The topological polar surface area (TPSA) is 30.5 Å². The summed E-state index contributed by atoms with van der Waals surface area (Å²) < 4.78 is 24.5. The number of rotatable bonds is 7. The molecule has 0 saturated carbocycles. The van der Waals surface area contributed by atoms with Crippen molar-refractivity contribution in [3.8, 4) is 11.5 Å². The van der Waals surface area contributed by atoms with Gasteiger partial charge in [0.25, 0.3) is 0 Å². The number of nitrogens with one attached hydrogen (secondary N) is 1. The summed E-state index contributed by atoms with van der Waals surface area (Å²) in [5, 5.41) is 4.05. The number of methoxy groups -OCH3 is 1. The van der Waals surface area contributed by atoms with Crippen molar-refractivity contribution in [2.24, 2.45) is 0 Å². The molecule has 0 unspecified atom stereocenters. The Labute approximate surface area is 179 Å². The molecule has 3 aromatic rings. The average molecular weight is 443 g/mol. The van der Waals surface area contributed by atoms with E-state index in [-0.39, 0.29) is 24.8 Å². The summed E-state index contributed by atoms with van der Waals surface area (Å²) in [6.07, 6.45) is 0. The Morgan fingerprint density at radius 1 is 0.964 bits per heavy atom. The molecule has 3 nitrogen and oxygen atoms in total. The van der Waals surface area contributed by atoms with Crippen LogP contribution in [0.3, 0.4) is 0 Å². The molecule has 28 heavy (non-hydrogen) atoms. The van der Waals surface area contributed by atoms with Crippen LogP contribution in [-0.4, -0.2) is 7.11 Å². The summed E-state index contributed by atoms with van der Waals surface area (Å²) in [7, 11) is 1.63. The molecular weight excluding hydrogens is 424 g/mol. The van der Waals surface area contributed by atoms with Gasteiger partial charge in [-0.25, -0.2) is 4.39 Å². The Morgan fingerprint density at radius 2 is 1.61 bits per heavy atom. The van der Waals surface area contributed by atoms with Crippen molar-refractivity contribution in [1.82, 2.24) is 0 Å². The molecule has 1 N–H and O–H groups in total. The number of halogens is 4. The second-order valence-electron chi connectivity index (χ2n) is 5.85. The summed E-state index contributed by atoms with van der Waals surface area (Å²) in [4.78, 5) is 0. The van der Waals surface area contributed by atoms with Gasteiger partial charge in [-0.15, -0.1) is 12.4 Å². The van der Waals surface area contributed by atoms with Crippen molar-refractivity contribution in [2.75, 3.05) is 12.4 Å². The minimum Gasteiger partial charge on any atom is -0.497 e. The van der Waals surface area contributed by atoms with E-state index in [0.29, 0.717) is 27.9 Å². The van der Waals surface area contributed by atoms with Crippen molar-refractivity contribution in [2.45, 2.75) is 13.2 Å². The Kier molecular flexibility index (Phi) is 8.24. The van der Waals surface area contributed by atoms with E-state index < -0.39 is 0 Å². The molecular formula is C21H19Cl3FNO2. The average Bonchev–Trinajstić information content (AvgIpc) is 2.67. The van der Waals surface area contributed by atoms with Crippen LogP contribution in [0.1, 0.15) is 11.1 Å². The van der Waals surface area contributed by atoms with Crippen LogP contribution in [0, 0.1) is 5.82 Å². The van der Waals surface area contributed by atoms with Gasteiger partial charge in [0.05, 0.1) is 17.2 Å². The fourth-order valence-corrected chi connectivity index (χ4v) is 3.17. The highest BCUT2D eigenvalue weighted by Gasteiger charge is 2.11. The van der Waals surface area contributed by atoms with Gasteiger partial charge in [-0.05, 0) is 48.0 Å². The molecule has 0 fully saturated rings. The van der Waals surface area contributed by atoms with E-state index >= 15 is 0 Å². The largest absolute Gasteiger partial charge is 0.497 e. The van der Waals surface area contributed by atoms with Crippen LogP contribution in [0.15, 0.2) is 60.7 Å². The van der Waals surface area contributed by atoms with Crippen LogP contribution >= 0.6 is 35.6 Å². The summed E-state index contributed by atoms with van der Waals surface area (Å²) in [5.41, 5.74) is 2.29. The first-order valence-corrected chi connectivity index (χ1v) is 9.04. The van der Waals surface area contributed by atoms with Gasteiger partial charge < -0.3 is 14.8 Å². The standard InChI is InChI=1S/C21H18Cl2FNO2.ClH/c1-26-17-8-6-16(7-9-17)25-12-14-10-18(22)21(19(23)11-14)27-13-15-4-2-3-5-20(15)24;/h2-11,25H,12-13H2,1H3;1H. The van der Waals surface area contributed by atoms with E-state index in [9.17, 15) is 4.39 Å². The van der Waals surface area contributed by atoms with Crippen molar-refractivity contribution in [3.05, 3.63) is 87.7 Å². The van der Waals surface area contributed by atoms with E-state index in [1.807, 2.05) is 24.3 Å². The second-order valence-corrected chi connectivity index (χ2v) is 6.67. The third-order valence-electron chi connectivity index (χ3n) is 3.97. The number of benzene rings is 3. The first kappa shape index (κ1) is 22.2. The van der Waals surface area contributed by atoms with Crippen molar-refractivity contribution < 1.29 is 13.9 Å². The number of hydrogen-bond acceptors (Lipinski definition) is 3. The molecule has 0 aromatic heterocycles. The Morgan fingerprint density at radius 3 is 2.21 bits per heavy atom. The fourth-order valence-electron chi connectivity index (χ4n) is 2.53. The number of ether oxygens (including phenoxy) is 2. The van der Waals surface area contributed by atoms with Gasteiger partial charge in [-0.2, -0.15) is 0 Å². The van der Waals surface area contributed by atoms with Crippen LogP contribution < -0.4 is 14.8 Å². The maximum absolute atomic E-state index is 13.7. The highest BCUT2D eigenvalue weighted by Crippen LogP contribution is 2.35. The first-order chi connectivity index (χ1) is 13.1. The number of hydrogen-bond donors (Lipinski definition) is 1. The van der Waals surface area contributed by atoms with E-state index in [4.69, 9.17) is 32.7 Å². The minimum atomic E-state index is -0.329. The molecule has 0 atom stereocenters. The Bertz CT molecular complexity index is 897. The van der Waals surface area contributed by atoms with Crippen molar-refractivity contribution in [1.29, 1.82) is 0 Å². The smallest absolute Gasteiger partial charge is 0.156 e. The highest BCUT2D eigenvalue weighted by atomic mass is 35.5. The van der Waals surface area contributed by atoms with Crippen LogP contribution in [0.25, 0.3) is 0 Å². The highest BCUT2D eigenvalue weighted by molar-refractivity contribution is 6.37. The zero-order chi connectivity index (χ0) is 19.2. The molecule has 0 radical (unpaired) electrons. The van der Waals surface area contributed by atoms with Crippen LogP contribution in [0.2, 0.25) is 10.0 Å². The van der Waals surface area contributed by atoms with Crippen LogP contribution in [0.5, 0.6) is 11.5 Å². The van der Waals surface area contributed by atoms with Crippen molar-refractivity contribution in [3.63, 3.8) is 0 Å². The van der Waals surface area contributed by atoms with E-state index in [2.05, 4.69) is 5.32 Å². The molecule has 0 aliphatic heterocycles. The lowest BCUT2D eigenvalue weighted by Crippen LogP contribution is -2.02. The Balaban J connectivity index is 0.00000280. The maximum atomic E-state index is 13.7. The lowest BCUT2D eigenvalue weighted by atomic mass is 10.2. The summed E-state index contributed by atoms with van der Waals surface area (Å²) in [6.45, 7) is 0.592. The molecule has 0 amide bonds. The van der Waals surface area contributed by atoms with Gasteiger partial charge in [0, 0.05) is 17.8 Å². The molecule has 0 aliphatic rings. The molecule has 3 aromatic carbocycles. The molecule has 0 bridgehead atoms. The quantitative estimate of drug-likeness (QED) is 0.439. The van der Waals surface area contributed by atoms with Crippen LogP contribution in [0.4, 0.5) is 10.1 Å². The monoisotopic (exact) mass is 441 g/mol. The molecule has 0 saturated heterocycles. The summed E-state index contributed by atoms with van der Waals surface area (Å²) in [5.74, 6) is 0.808. The van der Waals surface area contributed by atoms with Crippen LogP contribution in [-0.2, 0) is 13.2 Å². The van der Waals surface area contributed by atoms with Gasteiger partial charge in [0.2, 0.25) is 0 Å². The van der Waals surface area contributed by atoms with Gasteiger partial charge in [0.15, 0.2) is 5.75 Å². The lowest BCUT2D eigenvalue weighted by molar-refractivity contribution is 0.300. The zero-order valence-electron chi connectivity index (χ0n) is 15.0. The molecule has 0 spiro atoms. The SMILES string of the molecule is COc1ccc(NCc2cc(Cl)c(OCc3ccccc3F)c(Cl)c2)cc1.Cl. The molecule has 7 heteroatoms. The Hall–Kier alpha value is -2.14. The zero-order valence-corrected chi connectivity index (χ0v) is 17.4. The van der Waals surface area contributed by atoms with Gasteiger partial charge in [0.1, 0.15) is 18.2 Å². The number of anilines is 1. The molecule has 0 aliphatic carbocycles. The van der Waals surface area contributed by atoms with Gasteiger partial charge in [-0.3, -0.25) is 0 Å². The second kappa shape index (κ2) is 10.4. The normalized spacial score (nSPS) is 10.1. The third-order valence-corrected chi connectivity index (χ3v) is 4.54. The third kappa shape index (κ3) is 5.68. The van der Waals surface area contributed by atoms with Crippen molar-refractivity contribution >= 4 is 41.3 Å². The molecule has 0 heterocycles. The first-order valence-electron chi connectivity index (χ1n) is 8.29. The maximum Gasteiger partial charge on any atom is 0.156 e. The van der Waals surface area contributed by atoms with Gasteiger partial charge >= 0.3 is 0 Å². The van der Waals surface area contributed by atoms with Gasteiger partial charge in [-0.1, -0.05) is 41.4 Å². The predicted molar refractivity (Wildman–Crippen MR) is 115 cm³/mol. The molecule has 3 rings (SSSR count). The van der Waals surface area contributed by atoms with E-state index in [1.54, 1.807) is 37.4 Å². The summed E-state index contributed by atoms with van der Waals surface area (Å²) in [6, 6.07) is 17.6. The van der Waals surface area contributed by atoms with E-state index in [0.717, 1.165) is 17.0 Å². The predicted octanol–water partition coefficient (Wildman–Crippen LogP) is 6.75. The minimum absolute atomic E-state index is 0. The van der Waals surface area contributed by atoms with E-state index in [1.165, 1.54) is 6.07 Å².